The molecule has 5 nitrogen and oxygen atoms in total. The smallest absolute Gasteiger partial charge is 0.138 e. The van der Waals surface area contributed by atoms with Crippen LogP contribution in [0.15, 0.2) is 42.7 Å². The Hall–Kier alpha value is -2.40. The van der Waals surface area contributed by atoms with Crippen LogP contribution in [-0.4, -0.2) is 25.3 Å². The molecule has 0 fully saturated rings. The number of nitrogens with two attached hydrogens (primary N) is 1. The van der Waals surface area contributed by atoms with E-state index in [0.29, 0.717) is 18.0 Å². The van der Waals surface area contributed by atoms with Crippen molar-refractivity contribution in [2.24, 2.45) is 5.92 Å². The van der Waals surface area contributed by atoms with Gasteiger partial charge in [-0.25, -0.2) is 4.98 Å². The molecule has 2 N–H and O–H groups in total. The molecule has 0 aromatic carbocycles. The Morgan fingerprint density at radius 3 is 2.83 bits per heavy atom. The highest BCUT2D eigenvalue weighted by atomic mass is 15.2. The van der Waals surface area contributed by atoms with E-state index in [1.807, 2.05) is 28.8 Å². The van der Waals surface area contributed by atoms with Crippen LogP contribution < -0.4 is 5.73 Å². The number of hydrogen-bond donors (Lipinski definition) is 1. The van der Waals surface area contributed by atoms with Gasteiger partial charge in [-0.05, 0) is 68.2 Å². The van der Waals surface area contributed by atoms with Gasteiger partial charge in [0.2, 0.25) is 0 Å². The summed E-state index contributed by atoms with van der Waals surface area (Å²) in [4.78, 5) is 12.4. The fourth-order valence-corrected chi connectivity index (χ4v) is 4.88. The van der Waals surface area contributed by atoms with Gasteiger partial charge in [0.1, 0.15) is 11.5 Å². The zero-order valence-corrected chi connectivity index (χ0v) is 18.6. The van der Waals surface area contributed by atoms with Gasteiger partial charge >= 0.3 is 0 Å². The fourth-order valence-electron chi connectivity index (χ4n) is 4.88. The molecule has 5 heteroatoms. The number of nitrogens with zero attached hydrogens (tertiary/aromatic N) is 4. The highest BCUT2D eigenvalue weighted by molar-refractivity contribution is 5.48. The molecular formula is C25H35N5. The first-order valence-electron chi connectivity index (χ1n) is 11.5. The van der Waals surface area contributed by atoms with Crippen molar-refractivity contribution in [2.45, 2.75) is 77.9 Å². The average Bonchev–Trinajstić information content (AvgIpc) is 3.17. The molecule has 0 saturated carbocycles. The van der Waals surface area contributed by atoms with E-state index >= 15 is 0 Å². The van der Waals surface area contributed by atoms with E-state index in [1.54, 1.807) is 0 Å². The van der Waals surface area contributed by atoms with E-state index in [4.69, 9.17) is 15.7 Å². The van der Waals surface area contributed by atoms with Crippen LogP contribution in [0.1, 0.15) is 75.9 Å². The summed E-state index contributed by atoms with van der Waals surface area (Å²) in [6, 6.07) is 11.1. The zero-order chi connectivity index (χ0) is 21.1. The molecule has 30 heavy (non-hydrogen) atoms. The Morgan fingerprint density at radius 2 is 2.07 bits per heavy atom. The third-order valence-corrected chi connectivity index (χ3v) is 6.50. The average molecular weight is 406 g/mol. The number of anilines is 1. The number of rotatable bonds is 8. The lowest BCUT2D eigenvalue weighted by molar-refractivity contribution is 0.0928. The SMILES string of the molecule is CCC(CCC(C)C)N(Cc1cn2c(N)cccc2n1)C1CCCc2cccnc21. The predicted octanol–water partition coefficient (Wildman–Crippen LogP) is 5.41. The van der Waals surface area contributed by atoms with E-state index in [-0.39, 0.29) is 0 Å². The van der Waals surface area contributed by atoms with Gasteiger partial charge in [-0.1, -0.05) is 32.9 Å². The lowest BCUT2D eigenvalue weighted by Crippen LogP contribution is -2.40. The van der Waals surface area contributed by atoms with Crippen LogP contribution in [0.25, 0.3) is 5.65 Å². The van der Waals surface area contributed by atoms with Gasteiger partial charge in [0.05, 0.1) is 17.4 Å². The molecule has 0 spiro atoms. The minimum atomic E-state index is 0.356. The highest BCUT2D eigenvalue weighted by Crippen LogP contribution is 2.36. The van der Waals surface area contributed by atoms with Crippen molar-refractivity contribution in [1.29, 1.82) is 0 Å². The maximum absolute atomic E-state index is 6.17. The second kappa shape index (κ2) is 9.17. The van der Waals surface area contributed by atoms with Crippen molar-refractivity contribution in [3.63, 3.8) is 0 Å². The Kier molecular flexibility index (Phi) is 6.38. The van der Waals surface area contributed by atoms with E-state index in [9.17, 15) is 0 Å². The molecule has 1 aliphatic carbocycles. The normalized spacial score (nSPS) is 17.6. The summed E-state index contributed by atoms with van der Waals surface area (Å²) in [5, 5.41) is 0. The summed E-state index contributed by atoms with van der Waals surface area (Å²) in [7, 11) is 0. The topological polar surface area (TPSA) is 59.5 Å². The fraction of sp³-hybridized carbons (Fsp3) is 0.520. The van der Waals surface area contributed by atoms with Gasteiger partial charge in [-0.3, -0.25) is 14.3 Å². The quantitative estimate of drug-likeness (QED) is 0.545. The second-order valence-corrected chi connectivity index (χ2v) is 9.07. The first-order chi connectivity index (χ1) is 14.6. The molecule has 2 atom stereocenters. The first-order valence-corrected chi connectivity index (χ1v) is 11.5. The van der Waals surface area contributed by atoms with Crippen LogP contribution in [-0.2, 0) is 13.0 Å². The van der Waals surface area contributed by atoms with Crippen molar-refractivity contribution >= 4 is 11.5 Å². The van der Waals surface area contributed by atoms with Gasteiger partial charge in [0.15, 0.2) is 0 Å². The molecular weight excluding hydrogens is 370 g/mol. The van der Waals surface area contributed by atoms with E-state index in [1.165, 1.54) is 30.5 Å². The van der Waals surface area contributed by atoms with E-state index in [0.717, 1.165) is 43.0 Å². The van der Waals surface area contributed by atoms with Crippen molar-refractivity contribution in [2.75, 3.05) is 5.73 Å². The molecule has 0 saturated heterocycles. The Labute approximate surface area is 180 Å². The molecule has 3 aromatic rings. The summed E-state index contributed by atoms with van der Waals surface area (Å²) < 4.78 is 2.00. The van der Waals surface area contributed by atoms with Gasteiger partial charge in [0.25, 0.3) is 0 Å². The van der Waals surface area contributed by atoms with Crippen LogP contribution in [0.3, 0.4) is 0 Å². The minimum absolute atomic E-state index is 0.356. The van der Waals surface area contributed by atoms with Crippen LogP contribution in [0.5, 0.6) is 0 Å². The Bertz CT molecular complexity index is 977. The highest BCUT2D eigenvalue weighted by Gasteiger charge is 2.31. The van der Waals surface area contributed by atoms with Gasteiger partial charge in [-0.2, -0.15) is 0 Å². The monoisotopic (exact) mass is 405 g/mol. The van der Waals surface area contributed by atoms with Crippen molar-refractivity contribution in [1.82, 2.24) is 19.3 Å². The van der Waals surface area contributed by atoms with Crippen molar-refractivity contribution < 1.29 is 0 Å². The predicted molar refractivity (Wildman–Crippen MR) is 123 cm³/mol. The van der Waals surface area contributed by atoms with Crippen LogP contribution >= 0.6 is 0 Å². The van der Waals surface area contributed by atoms with Crippen LogP contribution in [0.4, 0.5) is 5.82 Å². The Balaban J connectivity index is 1.69. The molecule has 3 aromatic heterocycles. The third-order valence-electron chi connectivity index (χ3n) is 6.50. The standard InChI is InChI=1S/C25H35N5/c1-4-21(14-13-18(2)3)29(22-10-5-8-19-9-7-15-27-25(19)22)16-20-17-30-23(26)11-6-12-24(30)28-20/h6-7,9,11-12,15,17-18,21-22H,4-5,8,10,13-14,16,26H2,1-3H3. The molecule has 1 aliphatic rings. The molecule has 160 valence electrons. The number of hydrogen-bond acceptors (Lipinski definition) is 4. The number of fused-ring (bicyclic) bond motifs is 2. The number of pyridine rings is 2. The van der Waals surface area contributed by atoms with Crippen molar-refractivity contribution in [3.05, 3.63) is 59.7 Å². The molecule has 2 unspecified atom stereocenters. The van der Waals surface area contributed by atoms with E-state index in [2.05, 4.69) is 44.0 Å². The van der Waals surface area contributed by atoms with Gasteiger partial charge < -0.3 is 5.73 Å². The van der Waals surface area contributed by atoms with E-state index < -0.39 is 0 Å². The number of aromatic nitrogens is 3. The Morgan fingerprint density at radius 1 is 1.20 bits per heavy atom. The summed E-state index contributed by atoms with van der Waals surface area (Å²) in [6.07, 6.45) is 11.2. The van der Waals surface area contributed by atoms with Gasteiger partial charge in [-0.15, -0.1) is 0 Å². The second-order valence-electron chi connectivity index (χ2n) is 9.07. The molecule has 3 heterocycles. The minimum Gasteiger partial charge on any atom is -0.385 e. The molecule has 0 radical (unpaired) electrons. The number of aryl methyl sites for hydroxylation is 1. The summed E-state index contributed by atoms with van der Waals surface area (Å²) in [6.45, 7) is 7.79. The summed E-state index contributed by atoms with van der Waals surface area (Å²) in [5.41, 5.74) is 10.9. The zero-order valence-electron chi connectivity index (χ0n) is 18.6. The molecule has 0 aliphatic heterocycles. The van der Waals surface area contributed by atoms with Crippen molar-refractivity contribution in [3.8, 4) is 0 Å². The lowest BCUT2D eigenvalue weighted by atomic mass is 9.88. The van der Waals surface area contributed by atoms with Crippen LogP contribution in [0, 0.1) is 5.92 Å². The maximum Gasteiger partial charge on any atom is 0.138 e. The third kappa shape index (κ3) is 4.36. The first kappa shape index (κ1) is 20.9. The number of nitrogen functional groups attached to an aromatic ring is 1. The van der Waals surface area contributed by atoms with Gasteiger partial charge in [0, 0.05) is 25.0 Å². The largest absolute Gasteiger partial charge is 0.385 e. The molecule has 0 amide bonds. The summed E-state index contributed by atoms with van der Waals surface area (Å²) >= 11 is 0. The molecule has 4 rings (SSSR count). The maximum atomic E-state index is 6.17. The molecule has 0 bridgehead atoms. The lowest BCUT2D eigenvalue weighted by Gasteiger charge is -2.40. The van der Waals surface area contributed by atoms with Crippen LogP contribution in [0.2, 0.25) is 0 Å². The number of imidazole rings is 1. The summed E-state index contributed by atoms with van der Waals surface area (Å²) in [5.74, 6) is 1.45.